The second-order valence-electron chi connectivity index (χ2n) is 8.32. The maximum absolute atomic E-state index is 12.9. The van der Waals surface area contributed by atoms with Gasteiger partial charge < -0.3 is 24.3 Å². The summed E-state index contributed by atoms with van der Waals surface area (Å²) in [4.78, 5) is 49.4. The van der Waals surface area contributed by atoms with Gasteiger partial charge in [-0.3, -0.25) is 4.79 Å². The van der Waals surface area contributed by atoms with Crippen molar-refractivity contribution in [1.82, 2.24) is 5.32 Å². The van der Waals surface area contributed by atoms with Crippen LogP contribution < -0.4 is 5.32 Å². The molecular weight excluding hydrogens is 426 g/mol. The van der Waals surface area contributed by atoms with Crippen LogP contribution in [0.15, 0.2) is 60.7 Å². The van der Waals surface area contributed by atoms with E-state index in [1.54, 1.807) is 69.3 Å². The molecule has 2 rings (SSSR count). The molecule has 1 N–H and O–H groups in total. The molecule has 2 atom stereocenters. The summed E-state index contributed by atoms with van der Waals surface area (Å²) in [5.74, 6) is -2.97. The van der Waals surface area contributed by atoms with Gasteiger partial charge in [-0.05, 0) is 31.9 Å². The Morgan fingerprint density at radius 1 is 0.848 bits per heavy atom. The topological polar surface area (TPSA) is 108 Å². The lowest BCUT2D eigenvalue weighted by atomic mass is 9.96. The number of esters is 2. The molecule has 0 unspecified atom stereocenters. The highest BCUT2D eigenvalue weighted by molar-refractivity contribution is 5.89. The summed E-state index contributed by atoms with van der Waals surface area (Å²) in [7, 11) is 0. The Balaban J connectivity index is 2.16. The van der Waals surface area contributed by atoms with Gasteiger partial charge in [0.15, 0.2) is 0 Å². The summed E-state index contributed by atoms with van der Waals surface area (Å²) >= 11 is 0. The second-order valence-corrected chi connectivity index (χ2v) is 8.32. The molecule has 0 aromatic heterocycles. The van der Waals surface area contributed by atoms with E-state index in [0.717, 1.165) is 11.1 Å². The van der Waals surface area contributed by atoms with Crippen LogP contribution in [0.1, 0.15) is 38.3 Å². The number of benzene rings is 2. The fourth-order valence-corrected chi connectivity index (χ4v) is 2.88. The zero-order valence-electron chi connectivity index (χ0n) is 19.0. The molecule has 0 saturated carbocycles. The van der Waals surface area contributed by atoms with Gasteiger partial charge in [-0.15, -0.1) is 0 Å². The van der Waals surface area contributed by atoms with E-state index in [9.17, 15) is 19.2 Å². The van der Waals surface area contributed by atoms with E-state index in [-0.39, 0.29) is 19.6 Å². The quantitative estimate of drug-likeness (QED) is 0.331. The number of nitrogens with one attached hydrogen (secondary N) is 1. The van der Waals surface area contributed by atoms with Crippen molar-refractivity contribution in [2.75, 3.05) is 0 Å². The van der Waals surface area contributed by atoms with Gasteiger partial charge in [0.25, 0.3) is 0 Å². The number of ether oxygens (including phenoxy) is 3. The molecule has 176 valence electrons. The number of hydrogen-bond donors (Lipinski definition) is 1. The molecular formula is C25H29NO7. The minimum Gasteiger partial charge on any atom is -0.460 e. The van der Waals surface area contributed by atoms with Crippen molar-refractivity contribution in [1.29, 1.82) is 0 Å². The Bertz CT molecular complexity index is 923. The fourth-order valence-electron chi connectivity index (χ4n) is 2.88. The molecule has 0 fully saturated rings. The first-order valence-corrected chi connectivity index (χ1v) is 10.5. The Labute approximate surface area is 193 Å². The van der Waals surface area contributed by atoms with Crippen molar-refractivity contribution >= 4 is 24.3 Å². The lowest BCUT2D eigenvalue weighted by molar-refractivity contribution is -0.166. The average molecular weight is 456 g/mol. The number of carbonyl (C=O) groups is 4. The smallest absolute Gasteiger partial charge is 0.408 e. The highest BCUT2D eigenvalue weighted by atomic mass is 16.6. The van der Waals surface area contributed by atoms with Crippen LogP contribution in [0, 0.1) is 5.92 Å². The molecule has 0 aliphatic carbocycles. The predicted octanol–water partition coefficient (Wildman–Crippen LogP) is 3.57. The van der Waals surface area contributed by atoms with Crippen LogP contribution >= 0.6 is 0 Å². The van der Waals surface area contributed by atoms with Gasteiger partial charge in [-0.2, -0.15) is 0 Å². The number of carbonyl (C=O) groups excluding carboxylic acids is 4. The molecule has 0 aliphatic rings. The van der Waals surface area contributed by atoms with Crippen LogP contribution in [-0.2, 0) is 41.8 Å². The summed E-state index contributed by atoms with van der Waals surface area (Å²) in [6.07, 6.45) is -0.790. The van der Waals surface area contributed by atoms with Gasteiger partial charge in [0.1, 0.15) is 31.1 Å². The van der Waals surface area contributed by atoms with E-state index in [4.69, 9.17) is 14.2 Å². The van der Waals surface area contributed by atoms with Crippen LogP contribution in [0.25, 0.3) is 0 Å². The molecule has 2 aromatic carbocycles. The zero-order chi connectivity index (χ0) is 24.3. The van der Waals surface area contributed by atoms with Crippen molar-refractivity contribution in [3.8, 4) is 0 Å². The van der Waals surface area contributed by atoms with E-state index in [0.29, 0.717) is 6.29 Å². The number of alkyl carbamates (subject to hydrolysis) is 1. The van der Waals surface area contributed by atoms with E-state index in [2.05, 4.69) is 5.32 Å². The summed E-state index contributed by atoms with van der Waals surface area (Å²) in [6, 6.07) is 16.4. The highest BCUT2D eigenvalue weighted by Crippen LogP contribution is 2.18. The summed E-state index contributed by atoms with van der Waals surface area (Å²) < 4.78 is 15.9. The molecule has 8 nitrogen and oxygen atoms in total. The number of rotatable bonds is 10. The zero-order valence-corrected chi connectivity index (χ0v) is 19.0. The molecule has 8 heteroatoms. The van der Waals surface area contributed by atoms with E-state index < -0.39 is 35.6 Å². The summed E-state index contributed by atoms with van der Waals surface area (Å²) in [5, 5.41) is 2.38. The van der Waals surface area contributed by atoms with Crippen molar-refractivity contribution in [3.63, 3.8) is 0 Å². The number of amides is 1. The van der Waals surface area contributed by atoms with Gasteiger partial charge in [-0.1, -0.05) is 60.7 Å². The van der Waals surface area contributed by atoms with E-state index in [1.165, 1.54) is 0 Å². The molecule has 0 radical (unpaired) electrons. The largest absolute Gasteiger partial charge is 0.460 e. The highest BCUT2D eigenvalue weighted by Gasteiger charge is 2.39. The Morgan fingerprint density at radius 2 is 1.36 bits per heavy atom. The van der Waals surface area contributed by atoms with Gasteiger partial charge in [0.05, 0.1) is 5.92 Å². The third-order valence-electron chi connectivity index (χ3n) is 4.43. The second kappa shape index (κ2) is 12.4. The Kier molecular flexibility index (Phi) is 9.60. The van der Waals surface area contributed by atoms with Crippen LogP contribution in [0.4, 0.5) is 4.79 Å². The number of aldehydes is 1. The van der Waals surface area contributed by atoms with Crippen LogP contribution in [0.2, 0.25) is 0 Å². The third kappa shape index (κ3) is 9.14. The van der Waals surface area contributed by atoms with Crippen LogP contribution in [-0.4, -0.2) is 36.0 Å². The average Bonchev–Trinajstić information content (AvgIpc) is 2.78. The predicted molar refractivity (Wildman–Crippen MR) is 120 cm³/mol. The first kappa shape index (κ1) is 25.6. The summed E-state index contributed by atoms with van der Waals surface area (Å²) in [6.45, 7) is 4.87. The molecule has 0 aliphatic heterocycles. The number of hydrogen-bond acceptors (Lipinski definition) is 7. The summed E-state index contributed by atoms with van der Waals surface area (Å²) in [5.41, 5.74) is 0.609. The molecule has 0 heterocycles. The fraction of sp³-hybridized carbons (Fsp3) is 0.360. The SMILES string of the molecule is CC(C)(C)OC(=O)[C@@H](CC=O)[C@H](NC(=O)OCc1ccccc1)C(=O)OCc1ccccc1. The van der Waals surface area contributed by atoms with E-state index >= 15 is 0 Å². The van der Waals surface area contributed by atoms with Gasteiger partial charge in [0.2, 0.25) is 0 Å². The molecule has 2 aromatic rings. The standard InChI is InChI=1S/C25H29NO7/c1-25(2,3)33-22(28)20(14-15-27)21(23(29)31-16-18-10-6-4-7-11-18)26-24(30)32-17-19-12-8-5-9-13-19/h4-13,15,20-21H,14,16-17H2,1-3H3,(H,26,30)/t20-,21-/m0/s1. The van der Waals surface area contributed by atoms with E-state index in [1.807, 2.05) is 12.1 Å². The minimum absolute atomic E-state index is 0.0385. The third-order valence-corrected chi connectivity index (χ3v) is 4.43. The monoisotopic (exact) mass is 455 g/mol. The molecule has 0 bridgehead atoms. The van der Waals surface area contributed by atoms with Crippen LogP contribution in [0.3, 0.4) is 0 Å². The van der Waals surface area contributed by atoms with Gasteiger partial charge >= 0.3 is 18.0 Å². The first-order chi connectivity index (χ1) is 15.7. The Hall–Kier alpha value is -3.68. The minimum atomic E-state index is -1.47. The maximum Gasteiger partial charge on any atom is 0.408 e. The van der Waals surface area contributed by atoms with Crippen molar-refractivity contribution in [2.45, 2.75) is 52.0 Å². The van der Waals surface area contributed by atoms with Crippen molar-refractivity contribution in [3.05, 3.63) is 71.8 Å². The van der Waals surface area contributed by atoms with Gasteiger partial charge in [-0.25, -0.2) is 9.59 Å². The lowest BCUT2D eigenvalue weighted by Gasteiger charge is -2.27. The van der Waals surface area contributed by atoms with Gasteiger partial charge in [0, 0.05) is 6.42 Å². The van der Waals surface area contributed by atoms with Crippen molar-refractivity contribution < 1.29 is 33.4 Å². The molecule has 0 spiro atoms. The molecule has 0 saturated heterocycles. The Morgan fingerprint density at radius 3 is 1.85 bits per heavy atom. The molecule has 1 amide bonds. The molecule has 33 heavy (non-hydrogen) atoms. The normalized spacial score (nSPS) is 12.7. The lowest BCUT2D eigenvalue weighted by Crippen LogP contribution is -2.50. The first-order valence-electron chi connectivity index (χ1n) is 10.5. The van der Waals surface area contributed by atoms with Crippen LogP contribution in [0.5, 0.6) is 0 Å². The maximum atomic E-state index is 12.9. The van der Waals surface area contributed by atoms with Crippen molar-refractivity contribution in [2.24, 2.45) is 5.92 Å².